The van der Waals surface area contributed by atoms with Gasteiger partial charge < -0.3 is 10.6 Å². The van der Waals surface area contributed by atoms with Crippen LogP contribution in [0.25, 0.3) is 27.9 Å². The number of rotatable bonds is 6. The third kappa shape index (κ3) is 4.15. The maximum atomic E-state index is 14.6. The minimum atomic E-state index is -0.476. The number of nitrogens with zero attached hydrogens (tertiary/aromatic N) is 7. The summed E-state index contributed by atoms with van der Waals surface area (Å²) in [6.45, 7) is 4.98. The molecule has 1 atom stereocenters. The van der Waals surface area contributed by atoms with E-state index in [1.54, 1.807) is 18.3 Å². The average Bonchev–Trinajstić information content (AvgIpc) is 3.45. The molecular weight excluding hydrogens is 429 g/mol. The number of halogens is 1. The monoisotopic (exact) mass is 449 g/mol. The van der Waals surface area contributed by atoms with E-state index in [0.29, 0.717) is 53.3 Å². The van der Waals surface area contributed by atoms with Crippen molar-refractivity contribution in [2.24, 2.45) is 5.73 Å². The standard InChI is InChI=1S/C21H20FN9O2/c1-12(28-33-15-4-6-30(11-15)21(23)32)18-9-25-19-20(26-18)31(29-27-19)10-14-7-13-3-2-5-24-17(13)8-16(14)22/h2-3,5,7-9,15,28H,1,4,6,10-11H2,(H2,23,32)/t15-/m0/s1. The maximum absolute atomic E-state index is 14.6. The largest absolute Gasteiger partial charge is 0.351 e. The van der Waals surface area contributed by atoms with Crippen LogP contribution in [0.4, 0.5) is 9.18 Å². The van der Waals surface area contributed by atoms with Gasteiger partial charge in [-0.3, -0.25) is 15.3 Å². The summed E-state index contributed by atoms with van der Waals surface area (Å²) in [6.07, 6.45) is 3.54. The van der Waals surface area contributed by atoms with Gasteiger partial charge in [-0.25, -0.2) is 23.8 Å². The van der Waals surface area contributed by atoms with E-state index in [9.17, 15) is 9.18 Å². The summed E-state index contributed by atoms with van der Waals surface area (Å²) in [4.78, 5) is 31.3. The molecule has 3 aromatic heterocycles. The van der Waals surface area contributed by atoms with Gasteiger partial charge >= 0.3 is 6.03 Å². The number of carbonyl (C=O) groups is 1. The Morgan fingerprint density at radius 2 is 2.24 bits per heavy atom. The van der Waals surface area contributed by atoms with Gasteiger partial charge in [0.15, 0.2) is 5.65 Å². The van der Waals surface area contributed by atoms with E-state index in [1.165, 1.54) is 21.8 Å². The molecule has 1 aliphatic rings. The molecule has 0 aliphatic carbocycles. The number of hydrogen-bond donors (Lipinski definition) is 2. The van der Waals surface area contributed by atoms with Crippen molar-refractivity contribution in [3.05, 3.63) is 60.3 Å². The highest BCUT2D eigenvalue weighted by molar-refractivity contribution is 5.79. The maximum Gasteiger partial charge on any atom is 0.314 e. The first-order valence-electron chi connectivity index (χ1n) is 10.2. The molecule has 0 unspecified atom stereocenters. The smallest absolute Gasteiger partial charge is 0.314 e. The van der Waals surface area contributed by atoms with Crippen molar-refractivity contribution in [2.45, 2.75) is 19.1 Å². The molecule has 5 rings (SSSR count). The normalized spacial score (nSPS) is 15.9. The Morgan fingerprint density at radius 1 is 1.36 bits per heavy atom. The highest BCUT2D eigenvalue weighted by Gasteiger charge is 2.26. The lowest BCUT2D eigenvalue weighted by molar-refractivity contribution is 0.0130. The molecule has 0 radical (unpaired) electrons. The van der Waals surface area contributed by atoms with Crippen molar-refractivity contribution in [3.8, 4) is 0 Å². The third-order valence-corrected chi connectivity index (χ3v) is 5.43. The van der Waals surface area contributed by atoms with Crippen LogP contribution in [0.1, 0.15) is 17.7 Å². The molecule has 11 nitrogen and oxygen atoms in total. The molecule has 168 valence electrons. The lowest BCUT2D eigenvalue weighted by Crippen LogP contribution is -2.35. The number of likely N-dealkylation sites (tertiary alicyclic amines) is 1. The second-order valence-corrected chi connectivity index (χ2v) is 7.68. The fraction of sp³-hybridized carbons (Fsp3) is 0.238. The van der Waals surface area contributed by atoms with Crippen LogP contribution < -0.4 is 11.2 Å². The molecule has 33 heavy (non-hydrogen) atoms. The van der Waals surface area contributed by atoms with Gasteiger partial charge in [-0.15, -0.1) is 5.10 Å². The van der Waals surface area contributed by atoms with Crippen LogP contribution in [0.15, 0.2) is 43.2 Å². The van der Waals surface area contributed by atoms with Crippen molar-refractivity contribution in [2.75, 3.05) is 13.1 Å². The van der Waals surface area contributed by atoms with Gasteiger partial charge in [0.25, 0.3) is 0 Å². The van der Waals surface area contributed by atoms with E-state index in [0.717, 1.165) is 5.39 Å². The molecule has 4 aromatic rings. The van der Waals surface area contributed by atoms with E-state index in [1.807, 2.05) is 6.07 Å². The molecule has 3 N–H and O–H groups in total. The predicted molar refractivity (Wildman–Crippen MR) is 117 cm³/mol. The van der Waals surface area contributed by atoms with Crippen molar-refractivity contribution >= 4 is 33.9 Å². The van der Waals surface area contributed by atoms with Crippen molar-refractivity contribution < 1.29 is 14.0 Å². The van der Waals surface area contributed by atoms with Crippen molar-refractivity contribution in [1.29, 1.82) is 0 Å². The van der Waals surface area contributed by atoms with Crippen molar-refractivity contribution in [3.63, 3.8) is 0 Å². The van der Waals surface area contributed by atoms with Crippen LogP contribution in [-0.4, -0.2) is 60.1 Å². The first kappa shape index (κ1) is 20.7. The van der Waals surface area contributed by atoms with Gasteiger partial charge in [0.2, 0.25) is 5.65 Å². The van der Waals surface area contributed by atoms with E-state index in [-0.39, 0.29) is 12.6 Å². The Morgan fingerprint density at radius 3 is 3.06 bits per heavy atom. The van der Waals surface area contributed by atoms with Gasteiger partial charge in [-0.2, -0.15) is 0 Å². The topological polar surface area (TPSA) is 137 Å². The van der Waals surface area contributed by atoms with Gasteiger partial charge in [0, 0.05) is 29.8 Å². The molecule has 1 saturated heterocycles. The second kappa shape index (κ2) is 8.39. The van der Waals surface area contributed by atoms with Crippen LogP contribution in [-0.2, 0) is 11.4 Å². The van der Waals surface area contributed by atoms with Gasteiger partial charge in [0.05, 0.1) is 30.5 Å². The molecule has 1 fully saturated rings. The Kier molecular flexibility index (Phi) is 5.26. The zero-order valence-corrected chi connectivity index (χ0v) is 17.5. The number of aromatic nitrogens is 6. The number of fused-ring (bicyclic) bond motifs is 2. The number of amides is 2. The molecule has 0 spiro atoms. The van der Waals surface area contributed by atoms with Crippen LogP contribution >= 0.6 is 0 Å². The van der Waals surface area contributed by atoms with E-state index in [2.05, 4.69) is 37.3 Å². The van der Waals surface area contributed by atoms with Gasteiger partial charge in [-0.1, -0.05) is 17.9 Å². The summed E-state index contributed by atoms with van der Waals surface area (Å²) in [6, 6.07) is 6.31. The van der Waals surface area contributed by atoms with E-state index >= 15 is 0 Å². The number of nitrogens with one attached hydrogen (secondary N) is 1. The Hall–Kier alpha value is -4.19. The Balaban J connectivity index is 1.33. The molecule has 4 heterocycles. The number of urea groups is 1. The lowest BCUT2D eigenvalue weighted by atomic mass is 10.1. The quantitative estimate of drug-likeness (QED) is 0.424. The van der Waals surface area contributed by atoms with Crippen LogP contribution in [0.5, 0.6) is 0 Å². The molecule has 1 aromatic carbocycles. The SMILES string of the molecule is C=C(NO[C@H]1CCN(C(N)=O)C1)c1cnc2nnn(Cc3cc4cccnc4cc3F)c2n1. The molecule has 12 heteroatoms. The minimum Gasteiger partial charge on any atom is -0.351 e. The number of benzene rings is 1. The zero-order chi connectivity index (χ0) is 22.9. The summed E-state index contributed by atoms with van der Waals surface area (Å²) in [5.74, 6) is -0.394. The van der Waals surface area contributed by atoms with Gasteiger partial charge in [-0.05, 0) is 18.6 Å². The van der Waals surface area contributed by atoms with Gasteiger partial charge in [0.1, 0.15) is 17.6 Å². The number of nitrogens with two attached hydrogens (primary N) is 1. The van der Waals surface area contributed by atoms with E-state index < -0.39 is 11.8 Å². The fourth-order valence-electron chi connectivity index (χ4n) is 3.66. The summed E-state index contributed by atoms with van der Waals surface area (Å²) < 4.78 is 16.1. The Bertz CT molecular complexity index is 1370. The zero-order valence-electron chi connectivity index (χ0n) is 17.5. The summed E-state index contributed by atoms with van der Waals surface area (Å²) in [5.41, 5.74) is 10.5. The number of primary amides is 1. The van der Waals surface area contributed by atoms with Crippen LogP contribution in [0, 0.1) is 5.82 Å². The summed E-state index contributed by atoms with van der Waals surface area (Å²) in [5, 5.41) is 8.91. The number of hydroxylamine groups is 1. The fourth-order valence-corrected chi connectivity index (χ4v) is 3.66. The van der Waals surface area contributed by atoms with E-state index in [4.69, 9.17) is 10.6 Å². The summed E-state index contributed by atoms with van der Waals surface area (Å²) >= 11 is 0. The number of pyridine rings is 1. The predicted octanol–water partition coefficient (Wildman–Crippen LogP) is 1.60. The van der Waals surface area contributed by atoms with Crippen molar-refractivity contribution in [1.82, 2.24) is 40.3 Å². The average molecular weight is 449 g/mol. The third-order valence-electron chi connectivity index (χ3n) is 5.43. The summed E-state index contributed by atoms with van der Waals surface area (Å²) in [7, 11) is 0. The van der Waals surface area contributed by atoms with Crippen LogP contribution in [0.2, 0.25) is 0 Å². The second-order valence-electron chi connectivity index (χ2n) is 7.68. The molecular formula is C21H20FN9O2. The lowest BCUT2D eigenvalue weighted by Gasteiger charge is -2.15. The number of carbonyl (C=O) groups excluding carboxylic acids is 1. The Labute approximate surface area is 187 Å². The highest BCUT2D eigenvalue weighted by atomic mass is 19.1. The molecule has 0 saturated carbocycles. The molecule has 1 aliphatic heterocycles. The highest BCUT2D eigenvalue weighted by Crippen LogP contribution is 2.20. The molecule has 2 amide bonds. The first-order valence-corrected chi connectivity index (χ1v) is 10.2. The first-order chi connectivity index (χ1) is 16.0. The minimum absolute atomic E-state index is 0.118. The molecule has 0 bridgehead atoms. The van der Waals surface area contributed by atoms with Crippen LogP contribution in [0.3, 0.4) is 0 Å². The number of hydrogen-bond acceptors (Lipinski definition) is 8.